The van der Waals surface area contributed by atoms with Crippen LogP contribution in [0.4, 0.5) is 5.69 Å². The summed E-state index contributed by atoms with van der Waals surface area (Å²) in [6, 6.07) is 15.1. The van der Waals surface area contributed by atoms with Gasteiger partial charge >= 0.3 is 0 Å². The van der Waals surface area contributed by atoms with Gasteiger partial charge in [-0.15, -0.1) is 0 Å². The number of ether oxygens (including phenoxy) is 2. The topological polar surface area (TPSA) is 59.8 Å². The van der Waals surface area contributed by atoms with Crippen molar-refractivity contribution >= 4 is 23.0 Å². The molecule has 2 heterocycles. The SMILES string of the molecule is COc1ccc(NC(=S)N(Cc2ccccn2)Cc2ccco2)c(OC)c1. The molecule has 0 atom stereocenters. The summed E-state index contributed by atoms with van der Waals surface area (Å²) in [6.07, 6.45) is 3.42. The summed E-state index contributed by atoms with van der Waals surface area (Å²) in [5, 5.41) is 3.80. The number of nitrogens with zero attached hydrogens (tertiary/aromatic N) is 2. The maximum Gasteiger partial charge on any atom is 0.174 e. The van der Waals surface area contributed by atoms with Gasteiger partial charge in [0.1, 0.15) is 17.3 Å². The highest BCUT2D eigenvalue weighted by molar-refractivity contribution is 7.80. The van der Waals surface area contributed by atoms with Crippen molar-refractivity contribution in [1.29, 1.82) is 0 Å². The van der Waals surface area contributed by atoms with E-state index < -0.39 is 0 Å². The molecule has 27 heavy (non-hydrogen) atoms. The van der Waals surface area contributed by atoms with Crippen molar-refractivity contribution in [3.63, 3.8) is 0 Å². The third-order valence-electron chi connectivity index (χ3n) is 3.94. The molecule has 0 fully saturated rings. The van der Waals surface area contributed by atoms with Crippen LogP contribution in [0.1, 0.15) is 11.5 Å². The number of methoxy groups -OCH3 is 2. The fourth-order valence-corrected chi connectivity index (χ4v) is 2.81. The average molecular weight is 383 g/mol. The van der Waals surface area contributed by atoms with E-state index in [0.29, 0.717) is 29.7 Å². The summed E-state index contributed by atoms with van der Waals surface area (Å²) in [4.78, 5) is 6.38. The lowest BCUT2D eigenvalue weighted by Crippen LogP contribution is -2.34. The molecule has 3 rings (SSSR count). The van der Waals surface area contributed by atoms with E-state index in [1.807, 2.05) is 47.4 Å². The van der Waals surface area contributed by atoms with Crippen molar-refractivity contribution in [2.45, 2.75) is 13.1 Å². The Kier molecular flexibility index (Phi) is 6.27. The van der Waals surface area contributed by atoms with Crippen molar-refractivity contribution in [3.8, 4) is 11.5 Å². The zero-order valence-corrected chi connectivity index (χ0v) is 16.0. The second-order valence-electron chi connectivity index (χ2n) is 5.75. The number of pyridine rings is 1. The normalized spacial score (nSPS) is 10.3. The number of aromatic nitrogens is 1. The van der Waals surface area contributed by atoms with Crippen LogP contribution in [0.25, 0.3) is 0 Å². The number of furan rings is 1. The number of hydrogen-bond acceptors (Lipinski definition) is 5. The monoisotopic (exact) mass is 383 g/mol. The highest BCUT2D eigenvalue weighted by atomic mass is 32.1. The van der Waals surface area contributed by atoms with Crippen LogP contribution >= 0.6 is 12.2 Å². The van der Waals surface area contributed by atoms with E-state index in [4.69, 9.17) is 26.1 Å². The Bertz CT molecular complexity index is 869. The van der Waals surface area contributed by atoms with Gasteiger partial charge in [-0.1, -0.05) is 6.07 Å². The minimum absolute atomic E-state index is 0.522. The Labute approximate surface area is 163 Å². The Morgan fingerprint density at radius 2 is 2.00 bits per heavy atom. The average Bonchev–Trinajstić information content (AvgIpc) is 3.21. The number of anilines is 1. The molecule has 6 nitrogen and oxygen atoms in total. The lowest BCUT2D eigenvalue weighted by molar-refractivity contribution is 0.356. The molecule has 1 N–H and O–H groups in total. The number of thiocarbonyl (C=S) groups is 1. The number of rotatable bonds is 7. The molecule has 0 saturated heterocycles. The largest absolute Gasteiger partial charge is 0.497 e. The van der Waals surface area contributed by atoms with Gasteiger partial charge in [-0.3, -0.25) is 4.98 Å². The smallest absolute Gasteiger partial charge is 0.174 e. The fourth-order valence-electron chi connectivity index (χ4n) is 2.57. The zero-order valence-electron chi connectivity index (χ0n) is 15.2. The van der Waals surface area contributed by atoms with Crippen LogP contribution in [0.2, 0.25) is 0 Å². The molecule has 0 amide bonds. The number of hydrogen-bond donors (Lipinski definition) is 1. The van der Waals surface area contributed by atoms with Gasteiger partial charge in [-0.2, -0.15) is 0 Å². The lowest BCUT2D eigenvalue weighted by Gasteiger charge is -2.25. The molecule has 0 aliphatic heterocycles. The molecule has 2 aromatic heterocycles. The van der Waals surface area contributed by atoms with Crippen molar-refractivity contribution in [1.82, 2.24) is 9.88 Å². The van der Waals surface area contributed by atoms with Gasteiger partial charge in [-0.05, 0) is 48.6 Å². The van der Waals surface area contributed by atoms with Gasteiger partial charge in [0.15, 0.2) is 5.11 Å². The van der Waals surface area contributed by atoms with E-state index in [2.05, 4.69) is 10.3 Å². The highest BCUT2D eigenvalue weighted by Crippen LogP contribution is 2.29. The molecule has 0 radical (unpaired) electrons. The van der Waals surface area contributed by atoms with Crippen LogP contribution in [0.15, 0.2) is 65.4 Å². The maximum atomic E-state index is 5.66. The standard InChI is InChI=1S/C20H21N3O3S/c1-24-16-8-9-18(19(12-16)25-2)22-20(27)23(14-17-7-5-11-26-17)13-15-6-3-4-10-21-15/h3-12H,13-14H2,1-2H3,(H,22,27). The summed E-state index contributed by atoms with van der Waals surface area (Å²) in [6.45, 7) is 1.07. The third kappa shape index (κ3) is 4.98. The van der Waals surface area contributed by atoms with Gasteiger partial charge in [0.05, 0.1) is 45.0 Å². The molecule has 7 heteroatoms. The summed E-state index contributed by atoms with van der Waals surface area (Å²) in [5.41, 5.74) is 1.67. The zero-order chi connectivity index (χ0) is 19.1. The number of nitrogens with one attached hydrogen (secondary N) is 1. The van der Waals surface area contributed by atoms with Crippen LogP contribution < -0.4 is 14.8 Å². The minimum Gasteiger partial charge on any atom is -0.497 e. The molecule has 0 unspecified atom stereocenters. The quantitative estimate of drug-likeness (QED) is 0.617. The Balaban J connectivity index is 1.80. The van der Waals surface area contributed by atoms with Gasteiger partial charge in [0.2, 0.25) is 0 Å². The van der Waals surface area contributed by atoms with Crippen molar-refractivity contribution in [2.75, 3.05) is 19.5 Å². The summed E-state index contributed by atoms with van der Waals surface area (Å²) < 4.78 is 16.2. The predicted molar refractivity (Wildman–Crippen MR) is 108 cm³/mol. The molecule has 0 aliphatic carbocycles. The van der Waals surface area contributed by atoms with Crippen molar-refractivity contribution in [3.05, 3.63) is 72.4 Å². The molecule has 3 aromatic rings. The molecule has 0 aliphatic rings. The van der Waals surface area contributed by atoms with E-state index in [0.717, 1.165) is 17.1 Å². The van der Waals surface area contributed by atoms with Crippen molar-refractivity contribution in [2.24, 2.45) is 0 Å². The van der Waals surface area contributed by atoms with Crippen LogP contribution in [-0.2, 0) is 13.1 Å². The molecule has 140 valence electrons. The predicted octanol–water partition coefficient (Wildman–Crippen LogP) is 4.09. The second-order valence-corrected chi connectivity index (χ2v) is 6.14. The molecule has 0 bridgehead atoms. The van der Waals surface area contributed by atoms with E-state index in [1.54, 1.807) is 32.7 Å². The van der Waals surface area contributed by atoms with E-state index in [1.165, 1.54) is 0 Å². The first-order chi connectivity index (χ1) is 13.2. The summed E-state index contributed by atoms with van der Waals surface area (Å²) in [5.74, 6) is 2.17. The third-order valence-corrected chi connectivity index (χ3v) is 4.30. The van der Waals surface area contributed by atoms with Crippen LogP contribution in [0, 0.1) is 0 Å². The molecular weight excluding hydrogens is 362 g/mol. The van der Waals surface area contributed by atoms with Crippen molar-refractivity contribution < 1.29 is 13.9 Å². The van der Waals surface area contributed by atoms with E-state index in [-0.39, 0.29) is 0 Å². The highest BCUT2D eigenvalue weighted by Gasteiger charge is 2.15. The maximum absolute atomic E-state index is 5.66. The van der Waals surface area contributed by atoms with Crippen LogP contribution in [0.5, 0.6) is 11.5 Å². The van der Waals surface area contributed by atoms with Gasteiger partial charge in [0, 0.05) is 12.3 Å². The van der Waals surface area contributed by atoms with Crippen LogP contribution in [0.3, 0.4) is 0 Å². The molecule has 1 aromatic carbocycles. The molecule has 0 spiro atoms. The minimum atomic E-state index is 0.522. The molecule has 0 saturated carbocycles. The lowest BCUT2D eigenvalue weighted by atomic mass is 10.2. The first-order valence-electron chi connectivity index (χ1n) is 8.40. The molecular formula is C20H21N3O3S. The second kappa shape index (κ2) is 9.05. The first-order valence-corrected chi connectivity index (χ1v) is 8.80. The number of benzene rings is 1. The van der Waals surface area contributed by atoms with Crippen LogP contribution in [-0.4, -0.2) is 29.2 Å². The van der Waals surface area contributed by atoms with E-state index >= 15 is 0 Å². The summed E-state index contributed by atoms with van der Waals surface area (Å²) >= 11 is 5.66. The first kappa shape index (κ1) is 18.7. The Hall–Kier alpha value is -3.06. The van der Waals surface area contributed by atoms with Gasteiger partial charge < -0.3 is 24.1 Å². The van der Waals surface area contributed by atoms with E-state index in [9.17, 15) is 0 Å². The summed E-state index contributed by atoms with van der Waals surface area (Å²) in [7, 11) is 3.22. The fraction of sp³-hybridized carbons (Fsp3) is 0.200. The van der Waals surface area contributed by atoms with Gasteiger partial charge in [0.25, 0.3) is 0 Å². The van der Waals surface area contributed by atoms with Gasteiger partial charge in [-0.25, -0.2) is 0 Å². The Morgan fingerprint density at radius 3 is 2.67 bits per heavy atom. The Morgan fingerprint density at radius 1 is 1.11 bits per heavy atom.